The normalized spacial score (nSPS) is 47.9. The summed E-state index contributed by atoms with van der Waals surface area (Å²) in [5.74, 6) is -1.21. The van der Waals surface area contributed by atoms with Crippen LogP contribution in [0.15, 0.2) is 12.2 Å². The molecular weight excluding hydrogens is 328 g/mol. The van der Waals surface area contributed by atoms with Crippen molar-refractivity contribution < 1.29 is 34.0 Å². The third-order valence-electron chi connectivity index (χ3n) is 7.24. The highest BCUT2D eigenvalue weighted by molar-refractivity contribution is 5.99. The molecule has 4 aliphatic rings. The molecule has 138 valence electrons. The van der Waals surface area contributed by atoms with Crippen molar-refractivity contribution in [2.24, 2.45) is 22.7 Å². The van der Waals surface area contributed by atoms with Gasteiger partial charge in [0.2, 0.25) is 0 Å². The quantitative estimate of drug-likeness (QED) is 0.540. The van der Waals surface area contributed by atoms with Crippen LogP contribution in [-0.2, 0) is 23.8 Å². The molecule has 0 amide bonds. The largest absolute Gasteiger partial charge is 0.457 e. The van der Waals surface area contributed by atoms with Crippen molar-refractivity contribution in [2.45, 2.75) is 44.5 Å². The van der Waals surface area contributed by atoms with E-state index in [4.69, 9.17) is 14.2 Å². The highest BCUT2D eigenvalue weighted by atomic mass is 16.7. The lowest BCUT2D eigenvalue weighted by Gasteiger charge is -2.45. The van der Waals surface area contributed by atoms with Crippen LogP contribution in [0.1, 0.15) is 26.7 Å². The fourth-order valence-corrected chi connectivity index (χ4v) is 5.93. The molecular formula is C18H24O7. The summed E-state index contributed by atoms with van der Waals surface area (Å²) in [6.45, 7) is 6.46. The summed E-state index contributed by atoms with van der Waals surface area (Å²) in [6.07, 6.45) is -0.141. The number of aliphatic hydroxyl groups is 2. The molecule has 0 aromatic rings. The monoisotopic (exact) mass is 352 g/mol. The molecule has 2 saturated carbocycles. The molecule has 2 heterocycles. The topological polar surface area (TPSA) is 102 Å². The first kappa shape index (κ1) is 17.1. The number of carbonyl (C=O) groups is 2. The molecule has 0 unspecified atom stereocenters. The fraction of sp³-hybridized carbons (Fsp3) is 0.778. The van der Waals surface area contributed by atoms with Gasteiger partial charge in [-0.2, -0.15) is 0 Å². The van der Waals surface area contributed by atoms with Crippen LogP contribution in [0.5, 0.6) is 0 Å². The average Bonchev–Trinajstić information content (AvgIpc) is 3.19. The van der Waals surface area contributed by atoms with Crippen molar-refractivity contribution in [3.63, 3.8) is 0 Å². The molecule has 0 radical (unpaired) electrons. The van der Waals surface area contributed by atoms with Crippen molar-refractivity contribution in [1.82, 2.24) is 0 Å². The summed E-state index contributed by atoms with van der Waals surface area (Å²) >= 11 is 0. The van der Waals surface area contributed by atoms with Gasteiger partial charge >= 0.3 is 5.97 Å². The van der Waals surface area contributed by atoms with Crippen molar-refractivity contribution in [2.75, 3.05) is 20.0 Å². The Bertz CT molecular complexity index is 654. The van der Waals surface area contributed by atoms with Gasteiger partial charge < -0.3 is 24.4 Å². The molecule has 2 aliphatic carbocycles. The number of esters is 1. The maximum Gasteiger partial charge on any atom is 0.334 e. The highest BCUT2D eigenvalue weighted by Gasteiger charge is 2.82. The fourth-order valence-electron chi connectivity index (χ4n) is 5.93. The van der Waals surface area contributed by atoms with Crippen molar-refractivity contribution in [3.8, 4) is 0 Å². The number of hydrogen-bond acceptors (Lipinski definition) is 7. The number of aliphatic hydroxyl groups excluding tert-OH is 2. The van der Waals surface area contributed by atoms with Crippen LogP contribution in [0.3, 0.4) is 0 Å². The molecule has 2 N–H and O–H groups in total. The van der Waals surface area contributed by atoms with E-state index < -0.39 is 47.8 Å². The van der Waals surface area contributed by atoms with Crippen molar-refractivity contribution in [3.05, 3.63) is 12.2 Å². The minimum Gasteiger partial charge on any atom is -0.457 e. The maximum absolute atomic E-state index is 13.6. The van der Waals surface area contributed by atoms with Crippen LogP contribution >= 0.6 is 0 Å². The number of fused-ring (bicyclic) bond motifs is 2. The van der Waals surface area contributed by atoms with Gasteiger partial charge in [-0.05, 0) is 25.7 Å². The molecule has 7 heteroatoms. The Morgan fingerprint density at radius 2 is 1.92 bits per heavy atom. The molecule has 2 saturated heterocycles. The van der Waals surface area contributed by atoms with Gasteiger partial charge in [0.25, 0.3) is 0 Å². The number of carbonyl (C=O) groups excluding carboxylic acids is 2. The van der Waals surface area contributed by atoms with E-state index in [1.54, 1.807) is 6.92 Å². The van der Waals surface area contributed by atoms with Gasteiger partial charge in [0.05, 0.1) is 18.6 Å². The Balaban J connectivity index is 1.97. The Morgan fingerprint density at radius 3 is 2.56 bits per heavy atom. The molecule has 0 bridgehead atoms. The molecule has 0 aromatic carbocycles. The number of hydrogen-bond donors (Lipinski definition) is 2. The van der Waals surface area contributed by atoms with Crippen molar-refractivity contribution >= 4 is 11.8 Å². The Kier molecular flexibility index (Phi) is 3.52. The molecule has 7 nitrogen and oxygen atoms in total. The lowest BCUT2D eigenvalue weighted by molar-refractivity contribution is -0.177. The standard InChI is InChI=1S/C18H24O7/c1-9-4-5-11-10(2)13(21)25-12(11)16(3)14(22)17(6-19,7-20)15-18(9,16)24-8-23-15/h9,11-12,15,19-20H,2,4-8H2,1,3H3/t9-,11-,12+,15-,16+,18-/m0/s1. The SMILES string of the molecule is C=C1C(=O)O[C@@H]2[C@H]1CC[C@H](C)[C@]13OCO[C@H]1C(CO)(CO)C(=O)[C@@]23C. The first-order valence-corrected chi connectivity index (χ1v) is 8.73. The van der Waals surface area contributed by atoms with Gasteiger partial charge in [0.15, 0.2) is 5.78 Å². The maximum atomic E-state index is 13.6. The number of ketones is 1. The van der Waals surface area contributed by atoms with Gasteiger partial charge in [0, 0.05) is 11.5 Å². The van der Waals surface area contributed by atoms with Crippen LogP contribution < -0.4 is 0 Å². The van der Waals surface area contributed by atoms with E-state index in [1.165, 1.54) is 0 Å². The van der Waals surface area contributed by atoms with Crippen LogP contribution in [0.2, 0.25) is 0 Å². The average molecular weight is 352 g/mol. The van der Waals surface area contributed by atoms with E-state index >= 15 is 0 Å². The minimum absolute atomic E-state index is 0.0219. The lowest BCUT2D eigenvalue weighted by atomic mass is 9.64. The second-order valence-corrected chi connectivity index (χ2v) is 8.04. The van der Waals surface area contributed by atoms with Gasteiger partial charge in [0.1, 0.15) is 30.0 Å². The molecule has 0 aromatic heterocycles. The van der Waals surface area contributed by atoms with E-state index in [0.717, 1.165) is 0 Å². The number of ether oxygens (including phenoxy) is 3. The molecule has 4 rings (SSSR count). The van der Waals surface area contributed by atoms with Gasteiger partial charge in [-0.25, -0.2) is 4.79 Å². The zero-order valence-electron chi connectivity index (χ0n) is 14.5. The van der Waals surface area contributed by atoms with Crippen molar-refractivity contribution in [1.29, 1.82) is 0 Å². The summed E-state index contributed by atoms with van der Waals surface area (Å²) in [6, 6.07) is 0. The lowest BCUT2D eigenvalue weighted by Crippen LogP contribution is -2.59. The van der Waals surface area contributed by atoms with E-state index in [1.807, 2.05) is 6.92 Å². The molecule has 4 fully saturated rings. The second-order valence-electron chi connectivity index (χ2n) is 8.04. The van der Waals surface area contributed by atoms with Crippen LogP contribution in [-0.4, -0.2) is 59.8 Å². The Morgan fingerprint density at radius 1 is 1.24 bits per heavy atom. The minimum atomic E-state index is -1.47. The summed E-state index contributed by atoms with van der Waals surface area (Å²) in [7, 11) is 0. The predicted molar refractivity (Wildman–Crippen MR) is 84.2 cm³/mol. The van der Waals surface area contributed by atoms with Gasteiger partial charge in [-0.1, -0.05) is 13.5 Å². The third kappa shape index (κ3) is 1.61. The zero-order chi connectivity index (χ0) is 18.2. The molecule has 6 atom stereocenters. The number of rotatable bonds is 2. The summed E-state index contributed by atoms with van der Waals surface area (Å²) < 4.78 is 17.5. The smallest absolute Gasteiger partial charge is 0.334 e. The van der Waals surface area contributed by atoms with Gasteiger partial charge in [-0.3, -0.25) is 4.79 Å². The molecule has 1 spiro atoms. The molecule has 25 heavy (non-hydrogen) atoms. The van der Waals surface area contributed by atoms with Gasteiger partial charge in [-0.15, -0.1) is 0 Å². The third-order valence-corrected chi connectivity index (χ3v) is 7.24. The summed E-state index contributed by atoms with van der Waals surface area (Å²) in [5.41, 5.74) is -3.38. The van der Waals surface area contributed by atoms with Crippen LogP contribution in [0.25, 0.3) is 0 Å². The molecule has 2 aliphatic heterocycles. The van der Waals surface area contributed by atoms with E-state index in [0.29, 0.717) is 18.4 Å². The zero-order valence-corrected chi connectivity index (χ0v) is 14.5. The van der Waals surface area contributed by atoms with E-state index in [2.05, 4.69) is 6.58 Å². The van der Waals surface area contributed by atoms with E-state index in [-0.39, 0.29) is 24.4 Å². The predicted octanol–water partition coefficient (Wildman–Crippen LogP) is 0.186. The summed E-state index contributed by atoms with van der Waals surface area (Å²) in [4.78, 5) is 25.8. The Labute approximate surface area is 145 Å². The first-order chi connectivity index (χ1) is 11.8. The van der Waals surface area contributed by atoms with E-state index in [9.17, 15) is 19.8 Å². The highest BCUT2D eigenvalue weighted by Crippen LogP contribution is 2.66. The van der Waals surface area contributed by atoms with Crippen LogP contribution in [0.4, 0.5) is 0 Å². The second kappa shape index (κ2) is 5.13. The number of Topliss-reactive ketones (excluding diaryl/α,β-unsaturated/α-hetero) is 1. The summed E-state index contributed by atoms with van der Waals surface area (Å²) in [5, 5.41) is 20.1. The Hall–Kier alpha value is -1.28. The van der Waals surface area contributed by atoms with Crippen LogP contribution in [0, 0.1) is 22.7 Å². The first-order valence-electron chi connectivity index (χ1n) is 8.73.